The third kappa shape index (κ3) is 4.13. The number of aliphatic hydroxyl groups is 1. The Bertz CT molecular complexity index is 525. The molecule has 0 aliphatic carbocycles. The van der Waals surface area contributed by atoms with Crippen LogP contribution in [0.15, 0.2) is 18.2 Å². The first-order valence-corrected chi connectivity index (χ1v) is 7.42. The van der Waals surface area contributed by atoms with Gasteiger partial charge in [-0.1, -0.05) is 17.7 Å². The van der Waals surface area contributed by atoms with Crippen LogP contribution in [-0.4, -0.2) is 53.7 Å². The number of carbonyl (C=O) groups is 1. The number of hydrogen-bond acceptors (Lipinski definition) is 4. The zero-order valence-electron chi connectivity index (χ0n) is 13.3. The van der Waals surface area contributed by atoms with Crippen molar-refractivity contribution < 1.29 is 14.6 Å². The summed E-state index contributed by atoms with van der Waals surface area (Å²) in [6.07, 6.45) is -0.222. The molecule has 0 saturated carbocycles. The SMILES string of the molecule is Cc1ccc(C)c(C(=O)CN2CC(CO)OC(C)(C)C2)c1. The first-order chi connectivity index (χ1) is 9.80. The highest BCUT2D eigenvalue weighted by Gasteiger charge is 2.33. The third-order valence-electron chi connectivity index (χ3n) is 3.82. The summed E-state index contributed by atoms with van der Waals surface area (Å²) in [5.74, 6) is 0.130. The lowest BCUT2D eigenvalue weighted by molar-refractivity contribution is -0.146. The number of Topliss-reactive ketones (excluding diaryl/α,β-unsaturated/α-hetero) is 1. The molecule has 4 nitrogen and oxygen atoms in total. The highest BCUT2D eigenvalue weighted by Crippen LogP contribution is 2.21. The average molecular weight is 291 g/mol. The monoisotopic (exact) mass is 291 g/mol. The van der Waals surface area contributed by atoms with Crippen molar-refractivity contribution in [3.05, 3.63) is 34.9 Å². The number of aliphatic hydroxyl groups excluding tert-OH is 1. The minimum atomic E-state index is -0.340. The van der Waals surface area contributed by atoms with Gasteiger partial charge in [-0.25, -0.2) is 0 Å². The average Bonchev–Trinajstić information content (AvgIpc) is 2.39. The Morgan fingerprint density at radius 2 is 2.14 bits per heavy atom. The van der Waals surface area contributed by atoms with Crippen LogP contribution in [0.4, 0.5) is 0 Å². The molecule has 1 aliphatic heterocycles. The maximum Gasteiger partial charge on any atom is 0.177 e. The summed E-state index contributed by atoms with van der Waals surface area (Å²) >= 11 is 0. The van der Waals surface area contributed by atoms with Crippen molar-refractivity contribution in [3.63, 3.8) is 0 Å². The standard InChI is InChI=1S/C17H25NO3/c1-12-5-6-13(2)15(7-12)16(20)9-18-8-14(10-19)21-17(3,4)11-18/h5-7,14,19H,8-11H2,1-4H3. The van der Waals surface area contributed by atoms with Crippen LogP contribution < -0.4 is 0 Å². The molecular formula is C17H25NO3. The van der Waals surface area contributed by atoms with Gasteiger partial charge in [-0.15, -0.1) is 0 Å². The summed E-state index contributed by atoms with van der Waals surface area (Å²) < 4.78 is 5.78. The first-order valence-electron chi connectivity index (χ1n) is 7.42. The Hall–Kier alpha value is -1.23. The van der Waals surface area contributed by atoms with Crippen LogP contribution in [0.3, 0.4) is 0 Å². The molecule has 21 heavy (non-hydrogen) atoms. The van der Waals surface area contributed by atoms with E-state index in [0.717, 1.165) is 16.7 Å². The summed E-state index contributed by atoms with van der Waals surface area (Å²) in [7, 11) is 0. The summed E-state index contributed by atoms with van der Waals surface area (Å²) in [5, 5.41) is 9.34. The minimum absolute atomic E-state index is 0.0163. The molecule has 0 amide bonds. The second-order valence-corrected chi connectivity index (χ2v) is 6.59. The van der Waals surface area contributed by atoms with E-state index >= 15 is 0 Å². The number of benzene rings is 1. The van der Waals surface area contributed by atoms with E-state index in [-0.39, 0.29) is 24.1 Å². The van der Waals surface area contributed by atoms with Gasteiger partial charge in [-0.2, -0.15) is 0 Å². The fourth-order valence-electron chi connectivity index (χ4n) is 2.96. The van der Waals surface area contributed by atoms with Crippen LogP contribution in [0.1, 0.15) is 35.3 Å². The molecule has 4 heteroatoms. The lowest BCUT2D eigenvalue weighted by atomic mass is 10.00. The minimum Gasteiger partial charge on any atom is -0.394 e. The van der Waals surface area contributed by atoms with Crippen molar-refractivity contribution in [1.82, 2.24) is 4.90 Å². The predicted octanol–water partition coefficient (Wildman–Crippen LogP) is 1.96. The van der Waals surface area contributed by atoms with Crippen LogP contribution in [0, 0.1) is 13.8 Å². The van der Waals surface area contributed by atoms with Crippen LogP contribution in [-0.2, 0) is 4.74 Å². The summed E-state index contributed by atoms with van der Waals surface area (Å²) in [6, 6.07) is 5.96. The van der Waals surface area contributed by atoms with E-state index in [0.29, 0.717) is 19.6 Å². The van der Waals surface area contributed by atoms with Crippen molar-refractivity contribution in [2.24, 2.45) is 0 Å². The number of morpholine rings is 1. The number of hydrogen-bond donors (Lipinski definition) is 1. The second kappa shape index (κ2) is 6.26. The zero-order valence-corrected chi connectivity index (χ0v) is 13.3. The Balaban J connectivity index is 2.10. The fraction of sp³-hybridized carbons (Fsp3) is 0.588. The topological polar surface area (TPSA) is 49.8 Å². The quantitative estimate of drug-likeness (QED) is 0.862. The summed E-state index contributed by atoms with van der Waals surface area (Å²) in [5.41, 5.74) is 2.56. The van der Waals surface area contributed by atoms with Gasteiger partial charge in [0, 0.05) is 18.7 Å². The van der Waals surface area contributed by atoms with Crippen molar-refractivity contribution in [2.75, 3.05) is 26.2 Å². The van der Waals surface area contributed by atoms with Gasteiger partial charge in [0.05, 0.1) is 24.9 Å². The van der Waals surface area contributed by atoms with Crippen molar-refractivity contribution in [2.45, 2.75) is 39.4 Å². The van der Waals surface area contributed by atoms with Gasteiger partial charge in [0.1, 0.15) is 0 Å². The van der Waals surface area contributed by atoms with E-state index in [1.807, 2.05) is 45.9 Å². The van der Waals surface area contributed by atoms with E-state index in [1.54, 1.807) is 0 Å². The molecule has 2 rings (SSSR count). The highest BCUT2D eigenvalue weighted by atomic mass is 16.5. The summed E-state index contributed by atoms with van der Waals surface area (Å²) in [4.78, 5) is 14.6. The van der Waals surface area contributed by atoms with Gasteiger partial charge >= 0.3 is 0 Å². The fourth-order valence-corrected chi connectivity index (χ4v) is 2.96. The first kappa shape index (κ1) is 16.1. The number of ether oxygens (including phenoxy) is 1. The molecule has 0 spiro atoms. The molecule has 0 radical (unpaired) electrons. The molecule has 0 bridgehead atoms. The number of aryl methyl sites for hydroxylation is 2. The van der Waals surface area contributed by atoms with Gasteiger partial charge in [0.25, 0.3) is 0 Å². The molecule has 116 valence electrons. The lowest BCUT2D eigenvalue weighted by Gasteiger charge is -2.42. The molecular weight excluding hydrogens is 266 g/mol. The van der Waals surface area contributed by atoms with Crippen LogP contribution in [0.2, 0.25) is 0 Å². The molecule has 1 N–H and O–H groups in total. The van der Waals surface area contributed by atoms with Gasteiger partial charge in [-0.05, 0) is 39.3 Å². The Morgan fingerprint density at radius 1 is 1.43 bits per heavy atom. The number of nitrogens with zero attached hydrogens (tertiary/aromatic N) is 1. The molecule has 1 fully saturated rings. The van der Waals surface area contributed by atoms with Gasteiger partial charge in [0.15, 0.2) is 5.78 Å². The largest absolute Gasteiger partial charge is 0.394 e. The van der Waals surface area contributed by atoms with E-state index in [4.69, 9.17) is 4.74 Å². The number of ketones is 1. The van der Waals surface area contributed by atoms with Crippen molar-refractivity contribution >= 4 is 5.78 Å². The Kier molecular flexibility index (Phi) is 4.81. The molecule has 1 heterocycles. The van der Waals surface area contributed by atoms with Gasteiger partial charge < -0.3 is 9.84 Å². The maximum atomic E-state index is 12.5. The zero-order chi connectivity index (χ0) is 15.6. The molecule has 1 aliphatic rings. The second-order valence-electron chi connectivity index (χ2n) is 6.59. The third-order valence-corrected chi connectivity index (χ3v) is 3.82. The Labute approximate surface area is 126 Å². The highest BCUT2D eigenvalue weighted by molar-refractivity contribution is 5.99. The maximum absolute atomic E-state index is 12.5. The van der Waals surface area contributed by atoms with Crippen LogP contribution >= 0.6 is 0 Å². The van der Waals surface area contributed by atoms with Gasteiger partial charge in [-0.3, -0.25) is 9.69 Å². The smallest absolute Gasteiger partial charge is 0.177 e. The van der Waals surface area contributed by atoms with Crippen molar-refractivity contribution in [1.29, 1.82) is 0 Å². The molecule has 0 aromatic heterocycles. The van der Waals surface area contributed by atoms with Crippen LogP contribution in [0.25, 0.3) is 0 Å². The normalized spacial score (nSPS) is 22.2. The summed E-state index contributed by atoms with van der Waals surface area (Å²) in [6.45, 7) is 9.58. The molecule has 1 aromatic rings. The van der Waals surface area contributed by atoms with Crippen molar-refractivity contribution in [3.8, 4) is 0 Å². The van der Waals surface area contributed by atoms with E-state index < -0.39 is 0 Å². The number of carbonyl (C=O) groups excluding carboxylic acids is 1. The lowest BCUT2D eigenvalue weighted by Crippen LogP contribution is -2.54. The Morgan fingerprint density at radius 3 is 2.81 bits per heavy atom. The van der Waals surface area contributed by atoms with Gasteiger partial charge in [0.2, 0.25) is 0 Å². The molecule has 1 unspecified atom stereocenters. The van der Waals surface area contributed by atoms with Crippen LogP contribution in [0.5, 0.6) is 0 Å². The predicted molar refractivity (Wildman–Crippen MR) is 82.7 cm³/mol. The van der Waals surface area contributed by atoms with E-state index in [1.165, 1.54) is 0 Å². The molecule has 1 saturated heterocycles. The van der Waals surface area contributed by atoms with E-state index in [9.17, 15) is 9.90 Å². The molecule has 1 atom stereocenters. The van der Waals surface area contributed by atoms with E-state index in [2.05, 4.69) is 4.90 Å². The molecule has 1 aromatic carbocycles. The number of rotatable bonds is 4.